The van der Waals surface area contributed by atoms with E-state index >= 15 is 9.59 Å². The average Bonchev–Trinajstić information content (AvgIpc) is 2.10. The molecule has 0 amide bonds. The summed E-state index contributed by atoms with van der Waals surface area (Å²) in [6, 6.07) is 28.9. The molecule has 8 aliphatic rings. The Balaban J connectivity index is 0.994. The Morgan fingerprint density at radius 2 is 1.71 bits per heavy atom. The average molecular weight is 1110 g/mol. The van der Waals surface area contributed by atoms with Crippen molar-refractivity contribution in [3.63, 3.8) is 0 Å². The molecule has 1 spiro atoms. The van der Waals surface area contributed by atoms with Crippen molar-refractivity contribution in [3.05, 3.63) is 168 Å². The van der Waals surface area contributed by atoms with Crippen LogP contribution in [-0.4, -0.2) is 65.9 Å². The highest BCUT2D eigenvalue weighted by Crippen LogP contribution is 2.59. The van der Waals surface area contributed by atoms with Crippen LogP contribution in [0.1, 0.15) is 183 Å². The van der Waals surface area contributed by atoms with Crippen LogP contribution in [0.4, 0.5) is 0 Å². The number of ether oxygens (including phenoxy) is 4. The van der Waals surface area contributed by atoms with E-state index in [-0.39, 0.29) is 90.8 Å². The Hall–Kier alpha value is -6.29. The molecule has 3 aliphatic heterocycles. The van der Waals surface area contributed by atoms with Crippen LogP contribution in [0.3, 0.4) is 0 Å². The zero-order valence-corrected chi connectivity index (χ0v) is 47.6. The molecule has 5 bridgehead atoms. The first-order valence-corrected chi connectivity index (χ1v) is 30.8. The number of aliphatic hydroxyl groups is 3. The van der Waals surface area contributed by atoms with Crippen molar-refractivity contribution < 1.29 is 48.3 Å². The zero-order valence-electron chi connectivity index (χ0n) is 47.6. The fraction of sp³-hybridized carbons (Fsp3) is 0.507. The van der Waals surface area contributed by atoms with Crippen LogP contribution in [0.5, 0.6) is 5.75 Å². The third-order valence-electron chi connectivity index (χ3n) is 21.3. The van der Waals surface area contributed by atoms with Crippen LogP contribution in [0, 0.1) is 41.4 Å². The Morgan fingerprint density at radius 1 is 0.841 bits per heavy atom. The number of allylic oxidation sites excluding steroid dienone is 1. The van der Waals surface area contributed by atoms with Crippen molar-refractivity contribution in [3.8, 4) is 17.6 Å². The van der Waals surface area contributed by atoms with Gasteiger partial charge in [0.05, 0.1) is 31.3 Å². The third kappa shape index (κ3) is 9.30. The minimum atomic E-state index is -1.39. The van der Waals surface area contributed by atoms with Crippen molar-refractivity contribution in [1.29, 1.82) is 0 Å². The number of carbonyl (C=O) groups is 2. The number of aryl methyl sites for hydroxylation is 2. The van der Waals surface area contributed by atoms with Crippen LogP contribution in [0.15, 0.2) is 111 Å². The molecule has 0 saturated heterocycles. The summed E-state index contributed by atoms with van der Waals surface area (Å²) in [4.78, 5) is 46.0. The summed E-state index contributed by atoms with van der Waals surface area (Å²) < 4.78 is 33.9. The van der Waals surface area contributed by atoms with E-state index in [1.54, 1.807) is 19.1 Å². The SMILES string of the molecule is COCC(CCO)c1c(CO)c2ccc3c(c2oc1=O)C1OC(=O)CC2CC(c4cccc(C56CCCCC5CCc5ccccc56)c4)CCC2c2ccc4cc2CC#CC2C=CC5CCCCC5C2(O3)C1OC(=O)C(=C(C)CO)CC4. The van der Waals surface area contributed by atoms with Gasteiger partial charge in [-0.1, -0.05) is 116 Å². The molecule has 0 radical (unpaired) electrons. The molecule has 4 aromatic carbocycles. The first-order valence-electron chi connectivity index (χ1n) is 30.8. The van der Waals surface area contributed by atoms with Crippen molar-refractivity contribution in [2.45, 2.75) is 170 Å². The van der Waals surface area contributed by atoms with Gasteiger partial charge in [0.25, 0.3) is 0 Å². The molecule has 1 aromatic heterocycles. The van der Waals surface area contributed by atoms with Crippen molar-refractivity contribution >= 4 is 22.9 Å². The maximum absolute atomic E-state index is 15.9. The number of rotatable bonds is 9. The van der Waals surface area contributed by atoms with Gasteiger partial charge in [0.15, 0.2) is 17.8 Å². The van der Waals surface area contributed by atoms with Gasteiger partial charge >= 0.3 is 17.6 Å². The first-order chi connectivity index (χ1) is 40.1. The quantitative estimate of drug-likeness (QED) is 0.0423. The van der Waals surface area contributed by atoms with E-state index in [1.165, 1.54) is 60.6 Å². The van der Waals surface area contributed by atoms with Gasteiger partial charge in [-0.25, -0.2) is 9.59 Å². The molecule has 3 saturated carbocycles. The number of aliphatic hydroxyl groups excluding tert-OH is 3. The highest BCUT2D eigenvalue weighted by atomic mass is 16.6. The van der Waals surface area contributed by atoms with Crippen LogP contribution in [0.2, 0.25) is 0 Å². The van der Waals surface area contributed by atoms with Gasteiger partial charge in [0, 0.05) is 60.3 Å². The molecular weight excluding hydrogens is 1030 g/mol. The van der Waals surface area contributed by atoms with Gasteiger partial charge in [-0.15, -0.1) is 0 Å². The summed E-state index contributed by atoms with van der Waals surface area (Å²) in [5.74, 6) is 5.78. The van der Waals surface area contributed by atoms with Crippen molar-refractivity contribution in [1.82, 2.24) is 0 Å². The number of fused-ring (bicyclic) bond motifs is 12. The summed E-state index contributed by atoms with van der Waals surface area (Å²) in [6.07, 6.45) is 16.4. The lowest BCUT2D eigenvalue weighted by Crippen LogP contribution is -2.66. The third-order valence-corrected chi connectivity index (χ3v) is 21.3. The summed E-state index contributed by atoms with van der Waals surface area (Å²) >= 11 is 0. The molecule has 12 unspecified atom stereocenters. The number of methoxy groups -OCH3 is 1. The second-order valence-corrected chi connectivity index (χ2v) is 25.3. The molecule has 11 heteroatoms. The number of esters is 2. The van der Waals surface area contributed by atoms with E-state index in [2.05, 4.69) is 90.7 Å². The molecule has 3 fully saturated rings. The van der Waals surface area contributed by atoms with Crippen molar-refractivity contribution in [2.24, 2.45) is 29.6 Å². The van der Waals surface area contributed by atoms with Gasteiger partial charge < -0.3 is 38.7 Å². The van der Waals surface area contributed by atoms with Crippen LogP contribution in [0.25, 0.3) is 11.0 Å². The van der Waals surface area contributed by atoms with E-state index < -0.39 is 53.8 Å². The Labute approximate surface area is 481 Å². The minimum Gasteiger partial charge on any atom is -0.481 e. The number of benzene rings is 4. The van der Waals surface area contributed by atoms with E-state index in [9.17, 15) is 20.1 Å². The summed E-state index contributed by atoms with van der Waals surface area (Å²) in [6.45, 7) is 0.706. The summed E-state index contributed by atoms with van der Waals surface area (Å²) in [5, 5.41) is 32.6. The molecule has 5 aromatic rings. The molecule has 13 rings (SSSR count). The number of carbonyl (C=O) groups excluding carboxylic acids is 2. The van der Waals surface area contributed by atoms with E-state index in [0.29, 0.717) is 46.6 Å². The fourth-order valence-corrected chi connectivity index (χ4v) is 17.5. The standard InChI is InChI=1S/C71H78O11/c1-42(39-73)54-27-20-43-21-28-55-48(35-43)14-10-16-52-26-23-45-12-4-6-19-60(45)71(52)67(81-68(54)76)66(64-61(82-71)31-30-57-58(40-74)63(69(77)80-65(57)64)49(32-34-72)41-78-2)79-62(75)38-50-36-47(24-29-56(50)55)46-13-9-17-53(37-46)70-33-8-7-15-51(70)25-22-44-11-3-5-18-59(44)70/h3,5,9,11,13,17-18,21,23,26,28,30-31,35,37,45,47,49-52,56,60,66-67,72-74H,4,6-8,12,14-15,19-20,22,24-25,27,29,32-34,36,38-41H2,1-2H3. The molecule has 4 heterocycles. The molecule has 11 nitrogen and oxygen atoms in total. The Morgan fingerprint density at radius 3 is 2.56 bits per heavy atom. The number of hydrogen-bond donors (Lipinski definition) is 3. The van der Waals surface area contributed by atoms with E-state index in [4.69, 9.17) is 23.4 Å². The summed E-state index contributed by atoms with van der Waals surface area (Å²) in [7, 11) is 1.52. The predicted octanol–water partition coefficient (Wildman–Crippen LogP) is 12.0. The highest BCUT2D eigenvalue weighted by Gasteiger charge is 2.65. The van der Waals surface area contributed by atoms with Gasteiger partial charge in [-0.05, 0) is 176 Å². The molecule has 12 atom stereocenters. The Kier molecular flexibility index (Phi) is 15.2. The minimum absolute atomic E-state index is 0.00271. The molecule has 428 valence electrons. The number of hydrogen-bond acceptors (Lipinski definition) is 11. The van der Waals surface area contributed by atoms with Crippen molar-refractivity contribution in [2.75, 3.05) is 26.9 Å². The second kappa shape index (κ2) is 22.7. The maximum atomic E-state index is 15.9. The lowest BCUT2D eigenvalue weighted by Gasteiger charge is -2.56. The van der Waals surface area contributed by atoms with Crippen LogP contribution in [-0.2, 0) is 55.1 Å². The smallest absolute Gasteiger partial charge is 0.340 e. The zero-order chi connectivity index (χ0) is 56.3. The largest absolute Gasteiger partial charge is 0.481 e. The molecule has 5 aliphatic carbocycles. The lowest BCUT2D eigenvalue weighted by atomic mass is 9.54. The van der Waals surface area contributed by atoms with Gasteiger partial charge in [0.1, 0.15) is 11.3 Å². The summed E-state index contributed by atoms with van der Waals surface area (Å²) in [5.41, 5.74) is 8.49. The highest BCUT2D eigenvalue weighted by molar-refractivity contribution is 5.90. The van der Waals surface area contributed by atoms with E-state index in [1.807, 2.05) is 0 Å². The molecule has 82 heavy (non-hydrogen) atoms. The normalized spacial score (nSPS) is 31.1. The van der Waals surface area contributed by atoms with Gasteiger partial charge in [-0.2, -0.15) is 0 Å². The van der Waals surface area contributed by atoms with Gasteiger partial charge in [0.2, 0.25) is 0 Å². The molecule has 3 N–H and O–H groups in total. The first kappa shape index (κ1) is 54.9. The fourth-order valence-electron chi connectivity index (χ4n) is 17.5. The van der Waals surface area contributed by atoms with Gasteiger partial charge in [-0.3, -0.25) is 4.79 Å². The topological polar surface area (TPSA) is 162 Å². The van der Waals surface area contributed by atoms with E-state index in [0.717, 1.165) is 68.9 Å². The van der Waals surface area contributed by atoms with Crippen LogP contribution < -0.4 is 10.4 Å². The van der Waals surface area contributed by atoms with Crippen LogP contribution >= 0.6 is 0 Å². The lowest BCUT2D eigenvalue weighted by molar-refractivity contribution is -0.214. The Bertz CT molecular complexity index is 3480. The predicted molar refractivity (Wildman–Crippen MR) is 312 cm³/mol. The second-order valence-electron chi connectivity index (χ2n) is 25.3. The molecular formula is C71H78O11. The monoisotopic (exact) mass is 1110 g/mol. The maximum Gasteiger partial charge on any atom is 0.340 e.